The Morgan fingerprint density at radius 3 is 2.62 bits per heavy atom. The zero-order valence-corrected chi connectivity index (χ0v) is 16.8. The minimum absolute atomic E-state index is 0.0357. The van der Waals surface area contributed by atoms with E-state index in [0.29, 0.717) is 11.7 Å². The van der Waals surface area contributed by atoms with Gasteiger partial charge in [0, 0.05) is 18.7 Å². The summed E-state index contributed by atoms with van der Waals surface area (Å²) in [6, 6.07) is 7.78. The lowest BCUT2D eigenvalue weighted by Crippen LogP contribution is -2.26. The zero-order chi connectivity index (χ0) is 18.9. The molecule has 0 saturated carbocycles. The quantitative estimate of drug-likeness (QED) is 0.507. The van der Waals surface area contributed by atoms with Crippen molar-refractivity contribution in [2.45, 2.75) is 45.3 Å². The van der Waals surface area contributed by atoms with Crippen LogP contribution in [0.4, 0.5) is 0 Å². The highest BCUT2D eigenvalue weighted by atomic mass is 32.2. The van der Waals surface area contributed by atoms with Crippen molar-refractivity contribution in [2.24, 2.45) is 5.92 Å². The molecule has 0 aliphatic heterocycles. The van der Waals surface area contributed by atoms with Crippen molar-refractivity contribution in [1.29, 1.82) is 0 Å². The molecular weight excluding hydrogens is 348 g/mol. The third-order valence-electron chi connectivity index (χ3n) is 3.80. The molecule has 7 heteroatoms. The fourth-order valence-electron chi connectivity index (χ4n) is 2.46. The highest BCUT2D eigenvalue weighted by molar-refractivity contribution is 7.99. The van der Waals surface area contributed by atoms with Gasteiger partial charge < -0.3 is 14.6 Å². The van der Waals surface area contributed by atoms with Gasteiger partial charge in [-0.2, -0.15) is 0 Å². The number of thioether (sulfide) groups is 1. The van der Waals surface area contributed by atoms with Crippen molar-refractivity contribution in [3.8, 4) is 17.1 Å². The number of amides is 1. The number of nitrogens with zero attached hydrogens (tertiary/aromatic N) is 3. The number of benzene rings is 1. The number of nitrogens with one attached hydrogen (secondary N) is 1. The predicted molar refractivity (Wildman–Crippen MR) is 105 cm³/mol. The number of carbonyl (C=O) groups excluding carboxylic acids is 1. The number of rotatable bonds is 10. The van der Waals surface area contributed by atoms with Gasteiger partial charge in [0.2, 0.25) is 5.91 Å². The van der Waals surface area contributed by atoms with E-state index < -0.39 is 0 Å². The van der Waals surface area contributed by atoms with Gasteiger partial charge in [-0.1, -0.05) is 39.0 Å². The van der Waals surface area contributed by atoms with Crippen LogP contribution in [0.1, 0.15) is 33.6 Å². The molecule has 2 rings (SSSR count). The lowest BCUT2D eigenvalue weighted by Gasteiger charge is -2.12. The van der Waals surface area contributed by atoms with Crippen LogP contribution in [0.2, 0.25) is 0 Å². The van der Waals surface area contributed by atoms with Crippen LogP contribution in [-0.4, -0.2) is 40.1 Å². The average Bonchev–Trinajstić information content (AvgIpc) is 3.02. The molecule has 142 valence electrons. The summed E-state index contributed by atoms with van der Waals surface area (Å²) in [5, 5.41) is 12.4. The highest BCUT2D eigenvalue weighted by Gasteiger charge is 2.16. The van der Waals surface area contributed by atoms with Crippen LogP contribution in [0, 0.1) is 5.92 Å². The Bertz CT molecular complexity index is 698. The Labute approximate surface area is 159 Å². The summed E-state index contributed by atoms with van der Waals surface area (Å²) < 4.78 is 7.31. The van der Waals surface area contributed by atoms with E-state index in [4.69, 9.17) is 4.74 Å². The second-order valence-corrected chi connectivity index (χ2v) is 7.47. The standard InChI is InChI=1S/C19H28N4O2S/c1-5-6-11-20-17(24)13-26-19-22-21-18(23(19)12-14(2)3)15-7-9-16(25-4)10-8-15/h7-10,14H,5-6,11-13H2,1-4H3,(H,20,24). The average molecular weight is 377 g/mol. The maximum atomic E-state index is 12.0. The van der Waals surface area contributed by atoms with Gasteiger partial charge in [-0.25, -0.2) is 0 Å². The van der Waals surface area contributed by atoms with Crippen LogP contribution < -0.4 is 10.1 Å². The summed E-state index contributed by atoms with van der Waals surface area (Å²) in [5.41, 5.74) is 0.984. The van der Waals surface area contributed by atoms with E-state index in [1.165, 1.54) is 11.8 Å². The summed E-state index contributed by atoms with van der Waals surface area (Å²) >= 11 is 1.43. The van der Waals surface area contributed by atoms with Gasteiger partial charge in [0.05, 0.1) is 12.9 Å². The fraction of sp³-hybridized carbons (Fsp3) is 0.526. The summed E-state index contributed by atoms with van der Waals surface area (Å²) in [5.74, 6) is 2.45. The lowest BCUT2D eigenvalue weighted by molar-refractivity contribution is -0.118. The Morgan fingerprint density at radius 2 is 2.00 bits per heavy atom. The molecule has 0 fully saturated rings. The smallest absolute Gasteiger partial charge is 0.230 e. The first-order chi connectivity index (χ1) is 12.5. The zero-order valence-electron chi connectivity index (χ0n) is 16.0. The third kappa shape index (κ3) is 5.76. The fourth-order valence-corrected chi connectivity index (χ4v) is 3.24. The molecule has 0 aliphatic rings. The second kappa shape index (κ2) is 10.2. The molecule has 2 aromatic rings. The van der Waals surface area contributed by atoms with E-state index in [1.54, 1.807) is 7.11 Å². The first-order valence-electron chi connectivity index (χ1n) is 9.02. The van der Waals surface area contributed by atoms with E-state index in [1.807, 2.05) is 24.3 Å². The van der Waals surface area contributed by atoms with Crippen LogP contribution in [0.3, 0.4) is 0 Å². The Balaban J connectivity index is 2.13. The lowest BCUT2D eigenvalue weighted by atomic mass is 10.2. The van der Waals surface area contributed by atoms with Crippen LogP contribution in [0.25, 0.3) is 11.4 Å². The van der Waals surface area contributed by atoms with Gasteiger partial charge in [-0.3, -0.25) is 4.79 Å². The van der Waals surface area contributed by atoms with E-state index >= 15 is 0 Å². The molecule has 0 atom stereocenters. The van der Waals surface area contributed by atoms with Crippen molar-refractivity contribution < 1.29 is 9.53 Å². The van der Waals surface area contributed by atoms with Crippen LogP contribution in [-0.2, 0) is 11.3 Å². The SMILES string of the molecule is CCCCNC(=O)CSc1nnc(-c2ccc(OC)cc2)n1CC(C)C. The summed E-state index contributed by atoms with van der Waals surface area (Å²) in [6.07, 6.45) is 2.07. The molecule has 0 unspecified atom stereocenters. The van der Waals surface area contributed by atoms with Crippen molar-refractivity contribution in [3.05, 3.63) is 24.3 Å². The number of carbonyl (C=O) groups is 1. The Kier molecular flexibility index (Phi) is 7.97. The number of hydrogen-bond donors (Lipinski definition) is 1. The summed E-state index contributed by atoms with van der Waals surface area (Å²) in [6.45, 7) is 7.95. The number of hydrogen-bond acceptors (Lipinski definition) is 5. The molecule has 1 aromatic carbocycles. The molecule has 0 aliphatic carbocycles. The first kappa shape index (κ1) is 20.3. The molecule has 1 aromatic heterocycles. The van der Waals surface area contributed by atoms with Gasteiger partial charge in [-0.15, -0.1) is 10.2 Å². The highest BCUT2D eigenvalue weighted by Crippen LogP contribution is 2.26. The van der Waals surface area contributed by atoms with Gasteiger partial charge in [-0.05, 0) is 36.6 Å². The van der Waals surface area contributed by atoms with E-state index in [2.05, 4.69) is 40.9 Å². The molecule has 1 N–H and O–H groups in total. The second-order valence-electron chi connectivity index (χ2n) is 6.53. The molecule has 1 amide bonds. The van der Waals surface area contributed by atoms with Gasteiger partial charge >= 0.3 is 0 Å². The number of ether oxygens (including phenoxy) is 1. The molecule has 1 heterocycles. The monoisotopic (exact) mass is 376 g/mol. The largest absolute Gasteiger partial charge is 0.497 e. The topological polar surface area (TPSA) is 69.0 Å². The van der Waals surface area contributed by atoms with Gasteiger partial charge in [0.1, 0.15) is 5.75 Å². The van der Waals surface area contributed by atoms with Crippen LogP contribution >= 0.6 is 11.8 Å². The van der Waals surface area contributed by atoms with Crippen molar-refractivity contribution in [2.75, 3.05) is 19.4 Å². The minimum Gasteiger partial charge on any atom is -0.497 e. The molecule has 6 nitrogen and oxygen atoms in total. The number of unbranched alkanes of at least 4 members (excludes halogenated alkanes) is 1. The molecule has 0 saturated heterocycles. The molecule has 26 heavy (non-hydrogen) atoms. The van der Waals surface area contributed by atoms with Crippen molar-refractivity contribution in [1.82, 2.24) is 20.1 Å². The minimum atomic E-state index is 0.0357. The van der Waals surface area contributed by atoms with E-state index in [0.717, 1.165) is 48.2 Å². The van der Waals surface area contributed by atoms with Crippen LogP contribution in [0.5, 0.6) is 5.75 Å². The Morgan fingerprint density at radius 1 is 1.27 bits per heavy atom. The van der Waals surface area contributed by atoms with E-state index in [-0.39, 0.29) is 5.91 Å². The van der Waals surface area contributed by atoms with Crippen LogP contribution in [0.15, 0.2) is 29.4 Å². The predicted octanol–water partition coefficient (Wildman–Crippen LogP) is 3.62. The maximum absolute atomic E-state index is 12.0. The molecule has 0 spiro atoms. The normalized spacial score (nSPS) is 11.0. The van der Waals surface area contributed by atoms with Crippen molar-refractivity contribution in [3.63, 3.8) is 0 Å². The molecular formula is C19H28N4O2S. The van der Waals surface area contributed by atoms with Gasteiger partial charge in [0.15, 0.2) is 11.0 Å². The van der Waals surface area contributed by atoms with Crippen molar-refractivity contribution >= 4 is 17.7 Å². The Hall–Kier alpha value is -2.02. The summed E-state index contributed by atoms with van der Waals surface area (Å²) in [7, 11) is 1.65. The maximum Gasteiger partial charge on any atom is 0.230 e. The first-order valence-corrected chi connectivity index (χ1v) is 10.0. The number of methoxy groups -OCH3 is 1. The summed E-state index contributed by atoms with van der Waals surface area (Å²) in [4.78, 5) is 12.0. The third-order valence-corrected chi connectivity index (χ3v) is 4.76. The van der Waals surface area contributed by atoms with E-state index in [9.17, 15) is 4.79 Å². The number of aromatic nitrogens is 3. The van der Waals surface area contributed by atoms with Gasteiger partial charge in [0.25, 0.3) is 0 Å². The molecule has 0 radical (unpaired) electrons. The molecule has 0 bridgehead atoms.